The summed E-state index contributed by atoms with van der Waals surface area (Å²) in [4.78, 5) is 0. The van der Waals surface area contributed by atoms with E-state index in [1.54, 1.807) is 7.11 Å². The fourth-order valence-corrected chi connectivity index (χ4v) is 2.01. The normalized spacial score (nSPS) is 10.5. The van der Waals surface area contributed by atoms with Crippen molar-refractivity contribution in [2.24, 2.45) is 0 Å². The van der Waals surface area contributed by atoms with Crippen LogP contribution in [0.25, 0.3) is 0 Å². The van der Waals surface area contributed by atoms with Crippen molar-refractivity contribution in [3.63, 3.8) is 0 Å². The molecule has 0 saturated carbocycles. The number of ether oxygens (including phenoxy) is 1. The quantitative estimate of drug-likeness (QED) is 0.591. The van der Waals surface area contributed by atoms with Crippen LogP contribution in [0, 0.1) is 6.92 Å². The van der Waals surface area contributed by atoms with Crippen LogP contribution in [0.3, 0.4) is 0 Å². The zero-order valence-corrected chi connectivity index (χ0v) is 10.8. The molecule has 1 aromatic rings. The molecule has 2 N–H and O–H groups in total. The maximum Gasteiger partial charge on any atom is 0.125 e. The van der Waals surface area contributed by atoms with E-state index in [1.807, 2.05) is 26.1 Å². The van der Waals surface area contributed by atoms with E-state index in [9.17, 15) is 0 Å². The first-order chi connectivity index (χ1) is 7.69. The zero-order valence-electron chi connectivity index (χ0n) is 10.1. The van der Waals surface area contributed by atoms with Gasteiger partial charge in [-0.3, -0.25) is 0 Å². The van der Waals surface area contributed by atoms with Crippen molar-refractivity contribution in [2.45, 2.75) is 13.3 Å². The van der Waals surface area contributed by atoms with Crippen molar-refractivity contribution in [1.29, 1.82) is 0 Å². The highest BCUT2D eigenvalue weighted by atomic mass is 35.5. The van der Waals surface area contributed by atoms with Crippen LogP contribution < -0.4 is 15.4 Å². The number of halogens is 1. The van der Waals surface area contributed by atoms with Crippen LogP contribution in [-0.2, 0) is 6.42 Å². The molecule has 0 unspecified atom stereocenters. The Morgan fingerprint density at radius 2 is 2.12 bits per heavy atom. The average Bonchev–Trinajstić information content (AvgIpc) is 2.24. The first kappa shape index (κ1) is 13.3. The zero-order chi connectivity index (χ0) is 12.0. The third kappa shape index (κ3) is 3.67. The molecule has 0 atom stereocenters. The molecule has 0 saturated heterocycles. The summed E-state index contributed by atoms with van der Waals surface area (Å²) in [6.07, 6.45) is 0.909. The lowest BCUT2D eigenvalue weighted by Gasteiger charge is -2.12. The van der Waals surface area contributed by atoms with Gasteiger partial charge < -0.3 is 15.4 Å². The Hall–Kier alpha value is -0.770. The molecule has 0 spiro atoms. The summed E-state index contributed by atoms with van der Waals surface area (Å²) in [6.45, 7) is 3.72. The van der Waals surface area contributed by atoms with Crippen LogP contribution in [0.2, 0.25) is 5.02 Å². The van der Waals surface area contributed by atoms with E-state index in [0.29, 0.717) is 0 Å². The maximum atomic E-state index is 6.03. The van der Waals surface area contributed by atoms with Crippen LogP contribution in [-0.4, -0.2) is 27.4 Å². The Balaban J connectivity index is 2.69. The number of benzene rings is 1. The van der Waals surface area contributed by atoms with Gasteiger partial charge in [0, 0.05) is 18.2 Å². The molecule has 16 heavy (non-hydrogen) atoms. The summed E-state index contributed by atoms with van der Waals surface area (Å²) in [5.74, 6) is 0.940. The van der Waals surface area contributed by atoms with Gasteiger partial charge in [-0.15, -0.1) is 0 Å². The summed E-state index contributed by atoms with van der Waals surface area (Å²) >= 11 is 6.03. The maximum absolute atomic E-state index is 6.03. The minimum Gasteiger partial charge on any atom is -0.496 e. The number of hydrogen-bond donors (Lipinski definition) is 2. The molecule has 3 nitrogen and oxygen atoms in total. The molecule has 0 fully saturated rings. The van der Waals surface area contributed by atoms with Gasteiger partial charge in [-0.2, -0.15) is 0 Å². The van der Waals surface area contributed by atoms with Gasteiger partial charge in [0.15, 0.2) is 0 Å². The molecule has 0 aliphatic carbocycles. The highest BCUT2D eigenvalue weighted by Gasteiger charge is 2.07. The van der Waals surface area contributed by atoms with Gasteiger partial charge in [0.05, 0.1) is 7.11 Å². The first-order valence-electron chi connectivity index (χ1n) is 5.37. The highest BCUT2D eigenvalue weighted by Crippen LogP contribution is 2.27. The Morgan fingerprint density at radius 1 is 1.38 bits per heavy atom. The molecule has 0 aliphatic heterocycles. The van der Waals surface area contributed by atoms with Gasteiger partial charge in [-0.25, -0.2) is 0 Å². The molecular formula is C12H19ClN2O. The summed E-state index contributed by atoms with van der Waals surface area (Å²) in [7, 11) is 3.61. The molecule has 1 rings (SSSR count). The molecule has 0 amide bonds. The number of aryl methyl sites for hydroxylation is 1. The van der Waals surface area contributed by atoms with E-state index in [4.69, 9.17) is 16.3 Å². The number of hydrogen-bond acceptors (Lipinski definition) is 3. The molecule has 1 aromatic carbocycles. The van der Waals surface area contributed by atoms with Gasteiger partial charge in [0.1, 0.15) is 5.75 Å². The summed E-state index contributed by atoms with van der Waals surface area (Å²) < 4.78 is 5.39. The third-order valence-corrected chi connectivity index (χ3v) is 2.61. The van der Waals surface area contributed by atoms with E-state index in [-0.39, 0.29) is 0 Å². The smallest absolute Gasteiger partial charge is 0.125 e. The Labute approximate surface area is 102 Å². The number of methoxy groups -OCH3 is 1. The second-order valence-electron chi connectivity index (χ2n) is 3.70. The first-order valence-corrected chi connectivity index (χ1v) is 5.75. The van der Waals surface area contributed by atoms with E-state index in [2.05, 4.69) is 10.6 Å². The molecule has 0 radical (unpaired) electrons. The molecule has 90 valence electrons. The largest absolute Gasteiger partial charge is 0.496 e. The molecule has 4 heteroatoms. The second-order valence-corrected chi connectivity index (χ2v) is 4.13. The van der Waals surface area contributed by atoms with Crippen LogP contribution >= 0.6 is 11.6 Å². The van der Waals surface area contributed by atoms with E-state index in [1.165, 1.54) is 0 Å². The predicted octanol–water partition coefficient (Wildman–Crippen LogP) is 1.97. The minimum absolute atomic E-state index is 0.766. The summed E-state index contributed by atoms with van der Waals surface area (Å²) in [5.41, 5.74) is 2.23. The SMILES string of the molecule is CNCNCCc1cc(Cl)cc(C)c1OC. The van der Waals surface area contributed by atoms with E-state index < -0.39 is 0 Å². The Kier molecular flexibility index (Phi) is 5.60. The number of nitrogens with one attached hydrogen (secondary N) is 2. The molecule has 0 aliphatic rings. The standard InChI is InChI=1S/C12H19ClN2O/c1-9-6-11(13)7-10(12(9)16-3)4-5-15-8-14-2/h6-7,14-15H,4-5,8H2,1-3H3. The monoisotopic (exact) mass is 242 g/mol. The lowest BCUT2D eigenvalue weighted by Crippen LogP contribution is -2.27. The Bertz CT molecular complexity index is 342. The average molecular weight is 243 g/mol. The lowest BCUT2D eigenvalue weighted by molar-refractivity contribution is 0.406. The molecule has 0 aromatic heterocycles. The van der Waals surface area contributed by atoms with Gasteiger partial charge in [0.2, 0.25) is 0 Å². The van der Waals surface area contributed by atoms with Crippen molar-refractivity contribution in [2.75, 3.05) is 27.4 Å². The predicted molar refractivity (Wildman–Crippen MR) is 68.4 cm³/mol. The summed E-state index contributed by atoms with van der Waals surface area (Å²) in [6, 6.07) is 3.89. The van der Waals surface area contributed by atoms with Gasteiger partial charge in [-0.05, 0) is 43.7 Å². The van der Waals surface area contributed by atoms with Gasteiger partial charge in [-0.1, -0.05) is 11.6 Å². The second kappa shape index (κ2) is 6.74. The topological polar surface area (TPSA) is 33.3 Å². The van der Waals surface area contributed by atoms with Crippen molar-refractivity contribution >= 4 is 11.6 Å². The van der Waals surface area contributed by atoms with E-state index in [0.717, 1.165) is 41.5 Å². The molecular weight excluding hydrogens is 224 g/mol. The van der Waals surface area contributed by atoms with Crippen LogP contribution in [0.4, 0.5) is 0 Å². The highest BCUT2D eigenvalue weighted by molar-refractivity contribution is 6.30. The molecule has 0 bridgehead atoms. The fraction of sp³-hybridized carbons (Fsp3) is 0.500. The van der Waals surface area contributed by atoms with Crippen molar-refractivity contribution in [1.82, 2.24) is 10.6 Å². The summed E-state index contributed by atoms with van der Waals surface area (Å²) in [5, 5.41) is 7.07. The van der Waals surface area contributed by atoms with Crippen molar-refractivity contribution in [3.05, 3.63) is 28.3 Å². The van der Waals surface area contributed by atoms with Crippen LogP contribution in [0.15, 0.2) is 12.1 Å². The Morgan fingerprint density at radius 3 is 2.75 bits per heavy atom. The third-order valence-electron chi connectivity index (χ3n) is 2.39. The van der Waals surface area contributed by atoms with Crippen LogP contribution in [0.1, 0.15) is 11.1 Å². The van der Waals surface area contributed by atoms with E-state index >= 15 is 0 Å². The van der Waals surface area contributed by atoms with Crippen molar-refractivity contribution < 1.29 is 4.74 Å². The number of rotatable bonds is 6. The van der Waals surface area contributed by atoms with Crippen molar-refractivity contribution in [3.8, 4) is 5.75 Å². The minimum atomic E-state index is 0.766. The lowest BCUT2D eigenvalue weighted by atomic mass is 10.1. The van der Waals surface area contributed by atoms with Gasteiger partial charge >= 0.3 is 0 Å². The molecule has 0 heterocycles. The van der Waals surface area contributed by atoms with Crippen LogP contribution in [0.5, 0.6) is 5.75 Å². The fourth-order valence-electron chi connectivity index (χ4n) is 1.71. The van der Waals surface area contributed by atoms with Gasteiger partial charge in [0.25, 0.3) is 0 Å².